The Morgan fingerprint density at radius 1 is 1.21 bits per heavy atom. The number of esters is 1. The Labute approximate surface area is 224 Å². The predicted molar refractivity (Wildman–Crippen MR) is 141 cm³/mol. The summed E-state index contributed by atoms with van der Waals surface area (Å²) in [5.74, 6) is 0.709. The number of carbonyl (C=O) groups excluding carboxylic acids is 3. The first-order valence-corrected chi connectivity index (χ1v) is 14.4. The lowest BCUT2D eigenvalue weighted by Gasteiger charge is -2.66. The lowest BCUT2D eigenvalue weighted by Crippen LogP contribution is -2.72. The number of ether oxygens (including phenoxy) is 2. The quantitative estimate of drug-likeness (QED) is 0.448. The van der Waals surface area contributed by atoms with Gasteiger partial charge in [0.05, 0.1) is 17.9 Å². The minimum Gasteiger partial charge on any atom is -0.461 e. The summed E-state index contributed by atoms with van der Waals surface area (Å²) < 4.78 is 12.8. The fourth-order valence-electron chi connectivity index (χ4n) is 10.5. The van der Waals surface area contributed by atoms with Crippen molar-refractivity contribution in [3.63, 3.8) is 0 Å². The highest BCUT2D eigenvalue weighted by Crippen LogP contribution is 2.78. The molecule has 5 fully saturated rings. The van der Waals surface area contributed by atoms with E-state index in [9.17, 15) is 14.4 Å². The third kappa shape index (κ3) is 2.90. The summed E-state index contributed by atoms with van der Waals surface area (Å²) in [5, 5.41) is 2.76. The molecule has 1 saturated heterocycles. The monoisotopic (exact) mass is 518 g/mol. The fraction of sp³-hybridized carbons (Fsp3) is 0.645. The molecule has 0 unspecified atom stereocenters. The van der Waals surface area contributed by atoms with Gasteiger partial charge >= 0.3 is 5.97 Å². The number of hydrogen-bond acceptors (Lipinski definition) is 6. The molecule has 1 spiro atoms. The van der Waals surface area contributed by atoms with Gasteiger partial charge in [-0.25, -0.2) is 4.79 Å². The van der Waals surface area contributed by atoms with Gasteiger partial charge in [-0.2, -0.15) is 0 Å². The predicted octanol–water partition coefficient (Wildman–Crippen LogP) is 4.23. The van der Waals surface area contributed by atoms with Crippen molar-refractivity contribution >= 4 is 23.3 Å². The molecule has 1 heterocycles. The van der Waals surface area contributed by atoms with Crippen molar-refractivity contribution in [1.29, 1.82) is 0 Å². The Morgan fingerprint density at radius 3 is 2.79 bits per heavy atom. The van der Waals surface area contributed by atoms with Crippen LogP contribution in [0.3, 0.4) is 0 Å². The van der Waals surface area contributed by atoms with Crippen molar-refractivity contribution < 1.29 is 23.9 Å². The van der Waals surface area contributed by atoms with Gasteiger partial charge in [-0.05, 0) is 73.6 Å². The van der Waals surface area contributed by atoms with E-state index in [1.54, 1.807) is 24.3 Å². The zero-order valence-corrected chi connectivity index (χ0v) is 22.6. The lowest BCUT2D eigenvalue weighted by atomic mass is 9.45. The maximum absolute atomic E-state index is 13.6. The van der Waals surface area contributed by atoms with Crippen LogP contribution in [0.4, 0.5) is 5.69 Å². The number of allylic oxidation sites excluding steroid dienone is 1. The van der Waals surface area contributed by atoms with Crippen molar-refractivity contribution in [2.24, 2.45) is 34.5 Å². The summed E-state index contributed by atoms with van der Waals surface area (Å²) in [5.41, 5.74) is 1.54. The van der Waals surface area contributed by atoms with Gasteiger partial charge in [-0.3, -0.25) is 14.5 Å². The van der Waals surface area contributed by atoms with Gasteiger partial charge in [0, 0.05) is 43.9 Å². The summed E-state index contributed by atoms with van der Waals surface area (Å²) in [7, 11) is 1.85. The molecule has 8 atom stereocenters. The van der Waals surface area contributed by atoms with Crippen molar-refractivity contribution in [3.8, 4) is 0 Å². The molecule has 1 amide bonds. The first kappa shape index (κ1) is 24.5. The van der Waals surface area contributed by atoms with E-state index in [2.05, 4.69) is 23.2 Å². The molecule has 38 heavy (non-hydrogen) atoms. The number of methoxy groups -OCH3 is 1. The number of benzene rings is 1. The normalized spacial score (nSPS) is 42.0. The highest BCUT2D eigenvalue weighted by atomic mass is 16.5. The molecule has 7 bridgehead atoms. The Kier molecular flexibility index (Phi) is 5.32. The van der Waals surface area contributed by atoms with Crippen LogP contribution in [0.25, 0.3) is 0 Å². The number of nitrogens with one attached hydrogen (secondary N) is 1. The second-order valence-electron chi connectivity index (χ2n) is 12.8. The van der Waals surface area contributed by atoms with E-state index in [-0.39, 0.29) is 34.6 Å². The van der Waals surface area contributed by atoms with Crippen LogP contribution < -0.4 is 5.32 Å². The molecule has 202 valence electrons. The molecule has 0 aromatic heterocycles. The fourth-order valence-corrected chi connectivity index (χ4v) is 10.5. The van der Waals surface area contributed by atoms with Crippen LogP contribution in [0, 0.1) is 34.5 Å². The van der Waals surface area contributed by atoms with Crippen molar-refractivity contribution in [2.75, 3.05) is 32.1 Å². The number of Topliss-reactive ketones (excluding diaryl/α,β-unsaturated/α-hetero) is 1. The summed E-state index contributed by atoms with van der Waals surface area (Å²) >= 11 is 0. The van der Waals surface area contributed by atoms with Crippen LogP contribution in [0.5, 0.6) is 0 Å². The zero-order chi connectivity index (χ0) is 26.4. The lowest BCUT2D eigenvalue weighted by molar-refractivity contribution is -0.193. The summed E-state index contributed by atoms with van der Waals surface area (Å²) in [6.45, 7) is 5.81. The van der Waals surface area contributed by atoms with E-state index in [1.165, 1.54) is 12.5 Å². The van der Waals surface area contributed by atoms with Crippen LogP contribution >= 0.6 is 0 Å². The Hall–Kier alpha value is -2.51. The molecule has 1 aromatic rings. The van der Waals surface area contributed by atoms with E-state index < -0.39 is 11.6 Å². The molecule has 0 radical (unpaired) electrons. The first-order valence-electron chi connectivity index (χ1n) is 14.4. The topological polar surface area (TPSA) is 84.9 Å². The highest BCUT2D eigenvalue weighted by molar-refractivity contribution is 6.00. The SMILES string of the molecule is CCN1C[C@]2(COC(=O)c3ccccc3NC(C)=O)CCC[C@@]34[C@@H]5C[C@@H]6CC=C([C@H]5C6=O)[C@@](OC)(C[C@H]23)[C@@H]14. The Bertz CT molecular complexity index is 1260. The molecule has 1 N–H and O–H groups in total. The van der Waals surface area contributed by atoms with E-state index >= 15 is 0 Å². The van der Waals surface area contributed by atoms with E-state index in [0.717, 1.165) is 51.6 Å². The van der Waals surface area contributed by atoms with Gasteiger partial charge in [0.1, 0.15) is 11.4 Å². The third-order valence-corrected chi connectivity index (χ3v) is 11.5. The maximum Gasteiger partial charge on any atom is 0.340 e. The van der Waals surface area contributed by atoms with Gasteiger partial charge in [0.2, 0.25) is 5.91 Å². The summed E-state index contributed by atoms with van der Waals surface area (Å²) in [6, 6.07) is 7.32. The molecule has 7 rings (SSSR count). The average Bonchev–Trinajstić information content (AvgIpc) is 3.21. The molecule has 1 aliphatic heterocycles. The highest BCUT2D eigenvalue weighted by Gasteiger charge is 2.81. The molecular weight excluding hydrogens is 480 g/mol. The molecule has 7 heteroatoms. The van der Waals surface area contributed by atoms with Crippen molar-refractivity contribution in [1.82, 2.24) is 4.90 Å². The number of rotatable bonds is 6. The van der Waals surface area contributed by atoms with Crippen LogP contribution in [-0.4, -0.2) is 61.0 Å². The number of hydrogen-bond donors (Lipinski definition) is 1. The third-order valence-electron chi connectivity index (χ3n) is 11.5. The smallest absolute Gasteiger partial charge is 0.340 e. The number of likely N-dealkylation sites (tertiary alicyclic amines) is 1. The van der Waals surface area contributed by atoms with E-state index in [4.69, 9.17) is 9.47 Å². The number of amides is 1. The zero-order valence-electron chi connectivity index (χ0n) is 22.6. The number of likely N-dealkylation sites (N-methyl/N-ethyl adjacent to an activating group) is 1. The van der Waals surface area contributed by atoms with Crippen molar-refractivity contribution in [3.05, 3.63) is 41.5 Å². The molecule has 4 saturated carbocycles. The number of piperidine rings is 1. The van der Waals surface area contributed by atoms with Crippen LogP contribution in [0.15, 0.2) is 35.9 Å². The second-order valence-corrected chi connectivity index (χ2v) is 12.8. The van der Waals surface area contributed by atoms with Crippen molar-refractivity contribution in [2.45, 2.75) is 64.0 Å². The molecule has 7 nitrogen and oxygen atoms in total. The van der Waals surface area contributed by atoms with Gasteiger partial charge < -0.3 is 14.8 Å². The minimum atomic E-state index is -0.430. The Balaban J connectivity index is 1.28. The number of fused-ring (bicyclic) bond motifs is 2. The average molecular weight is 519 g/mol. The minimum absolute atomic E-state index is 0.00892. The van der Waals surface area contributed by atoms with Crippen LogP contribution in [0.2, 0.25) is 0 Å². The van der Waals surface area contributed by atoms with Gasteiger partial charge in [0.15, 0.2) is 0 Å². The van der Waals surface area contributed by atoms with Gasteiger partial charge in [-0.15, -0.1) is 0 Å². The number of ketones is 1. The second kappa shape index (κ2) is 8.25. The number of nitrogens with zero attached hydrogens (tertiary/aromatic N) is 1. The summed E-state index contributed by atoms with van der Waals surface area (Å²) in [6.07, 6.45) is 8.36. The summed E-state index contributed by atoms with van der Waals surface area (Å²) in [4.78, 5) is 41.3. The largest absolute Gasteiger partial charge is 0.461 e. The maximum atomic E-state index is 13.6. The van der Waals surface area contributed by atoms with Crippen LogP contribution in [-0.2, 0) is 19.1 Å². The molecule has 1 aromatic carbocycles. The Morgan fingerprint density at radius 2 is 2.03 bits per heavy atom. The number of carbonyl (C=O) groups is 3. The number of para-hydroxylation sites is 1. The molecule has 6 aliphatic rings. The molecular formula is C31H38N2O5. The number of anilines is 1. The van der Waals surface area contributed by atoms with Crippen LogP contribution in [0.1, 0.15) is 62.7 Å². The van der Waals surface area contributed by atoms with Gasteiger partial charge in [-0.1, -0.05) is 31.6 Å². The molecule has 5 aliphatic carbocycles. The van der Waals surface area contributed by atoms with E-state index in [0.29, 0.717) is 35.5 Å². The first-order chi connectivity index (χ1) is 18.3. The van der Waals surface area contributed by atoms with E-state index in [1.807, 2.05) is 7.11 Å². The van der Waals surface area contributed by atoms with Gasteiger partial charge in [0.25, 0.3) is 0 Å². The standard InChI is InChI=1S/C31H38N2O5/c1-4-33-16-29(17-38-27(36)20-8-5-6-9-23(20)32-18(2)34)12-7-13-30-22-14-19-10-11-21(25(22)26(19)35)31(37-3,28(30)33)15-24(29)30/h5-6,8-9,11,19,22,24-25,28H,4,7,10,12-17H2,1-3H3,(H,32,34)/t19-,22+,24+,25+,28-,29-,30+,31-/m0/s1.